The Morgan fingerprint density at radius 1 is 1.10 bits per heavy atom. The maximum atomic E-state index is 12.8. The van der Waals surface area contributed by atoms with Crippen molar-refractivity contribution in [1.29, 1.82) is 0 Å². The Balaban J connectivity index is 1.95. The predicted molar refractivity (Wildman–Crippen MR) is 83.0 cm³/mol. The van der Waals surface area contributed by atoms with Gasteiger partial charge in [0.05, 0.1) is 0 Å². The Bertz CT molecular complexity index is 373. The molecule has 2 saturated heterocycles. The SMILES string of the molecule is CCCN1CCCN(C(=O)C(CC)N2CCCC2=O)CC1. The highest BCUT2D eigenvalue weighted by molar-refractivity contribution is 5.88. The van der Waals surface area contributed by atoms with E-state index in [2.05, 4.69) is 11.8 Å². The highest BCUT2D eigenvalue weighted by atomic mass is 16.2. The molecule has 5 nitrogen and oxygen atoms in total. The van der Waals surface area contributed by atoms with Crippen LogP contribution in [0.1, 0.15) is 46.0 Å². The van der Waals surface area contributed by atoms with Crippen LogP contribution in [0.2, 0.25) is 0 Å². The molecule has 2 rings (SSSR count). The van der Waals surface area contributed by atoms with E-state index in [0.717, 1.165) is 65.0 Å². The van der Waals surface area contributed by atoms with E-state index >= 15 is 0 Å². The normalized spacial score (nSPS) is 22.5. The molecule has 0 bridgehead atoms. The fourth-order valence-electron chi connectivity index (χ4n) is 3.47. The molecule has 5 heteroatoms. The average Bonchev–Trinajstić information content (AvgIpc) is 2.76. The molecular weight excluding hydrogens is 266 g/mol. The van der Waals surface area contributed by atoms with Crippen LogP contribution in [-0.2, 0) is 9.59 Å². The van der Waals surface area contributed by atoms with E-state index < -0.39 is 0 Å². The van der Waals surface area contributed by atoms with E-state index in [1.807, 2.05) is 11.8 Å². The molecule has 0 aromatic heterocycles. The van der Waals surface area contributed by atoms with Crippen molar-refractivity contribution in [3.63, 3.8) is 0 Å². The first-order valence-electron chi connectivity index (χ1n) is 8.48. The molecule has 0 saturated carbocycles. The lowest BCUT2D eigenvalue weighted by Crippen LogP contribution is -2.49. The molecule has 2 heterocycles. The van der Waals surface area contributed by atoms with Crippen LogP contribution in [0.25, 0.3) is 0 Å². The molecule has 0 spiro atoms. The highest BCUT2D eigenvalue weighted by Gasteiger charge is 2.34. The summed E-state index contributed by atoms with van der Waals surface area (Å²) in [5.74, 6) is 0.309. The number of nitrogens with zero attached hydrogens (tertiary/aromatic N) is 3. The lowest BCUT2D eigenvalue weighted by Gasteiger charge is -2.31. The van der Waals surface area contributed by atoms with Gasteiger partial charge in [-0.1, -0.05) is 13.8 Å². The molecule has 0 aromatic rings. The summed E-state index contributed by atoms with van der Waals surface area (Å²) in [4.78, 5) is 30.9. The first-order chi connectivity index (χ1) is 10.2. The Morgan fingerprint density at radius 2 is 1.90 bits per heavy atom. The molecule has 120 valence electrons. The Morgan fingerprint density at radius 3 is 2.52 bits per heavy atom. The van der Waals surface area contributed by atoms with E-state index in [1.54, 1.807) is 4.90 Å². The summed E-state index contributed by atoms with van der Waals surface area (Å²) in [6.45, 7) is 9.74. The molecule has 2 aliphatic rings. The van der Waals surface area contributed by atoms with Gasteiger partial charge in [-0.25, -0.2) is 0 Å². The minimum atomic E-state index is -0.238. The second-order valence-corrected chi connectivity index (χ2v) is 6.14. The van der Waals surface area contributed by atoms with Crippen molar-refractivity contribution in [2.24, 2.45) is 0 Å². The van der Waals surface area contributed by atoms with Crippen LogP contribution in [0.4, 0.5) is 0 Å². The molecule has 2 aliphatic heterocycles. The minimum Gasteiger partial charge on any atom is -0.340 e. The summed E-state index contributed by atoms with van der Waals surface area (Å²) in [5.41, 5.74) is 0. The monoisotopic (exact) mass is 295 g/mol. The van der Waals surface area contributed by atoms with Gasteiger partial charge in [0, 0.05) is 32.6 Å². The van der Waals surface area contributed by atoms with Crippen molar-refractivity contribution in [2.45, 2.75) is 52.0 Å². The number of hydrogen-bond acceptors (Lipinski definition) is 3. The van der Waals surface area contributed by atoms with Crippen LogP contribution in [-0.4, -0.2) is 71.8 Å². The second kappa shape index (κ2) is 7.78. The van der Waals surface area contributed by atoms with Crippen LogP contribution in [0.5, 0.6) is 0 Å². The first-order valence-corrected chi connectivity index (χ1v) is 8.48. The van der Waals surface area contributed by atoms with Crippen LogP contribution < -0.4 is 0 Å². The second-order valence-electron chi connectivity index (χ2n) is 6.14. The lowest BCUT2D eigenvalue weighted by atomic mass is 10.1. The summed E-state index contributed by atoms with van der Waals surface area (Å²) < 4.78 is 0. The van der Waals surface area contributed by atoms with E-state index in [0.29, 0.717) is 6.42 Å². The number of amides is 2. The van der Waals surface area contributed by atoms with Gasteiger partial charge in [-0.05, 0) is 38.8 Å². The van der Waals surface area contributed by atoms with Gasteiger partial charge in [0.2, 0.25) is 11.8 Å². The van der Waals surface area contributed by atoms with Crippen molar-refractivity contribution in [3.8, 4) is 0 Å². The molecule has 0 aliphatic carbocycles. The van der Waals surface area contributed by atoms with Crippen molar-refractivity contribution in [3.05, 3.63) is 0 Å². The molecule has 1 atom stereocenters. The highest BCUT2D eigenvalue weighted by Crippen LogP contribution is 2.18. The van der Waals surface area contributed by atoms with Crippen LogP contribution in [0, 0.1) is 0 Å². The molecule has 2 fully saturated rings. The van der Waals surface area contributed by atoms with Gasteiger partial charge in [0.15, 0.2) is 0 Å². The maximum Gasteiger partial charge on any atom is 0.245 e. The molecule has 0 aromatic carbocycles. The number of carbonyl (C=O) groups excluding carboxylic acids is 2. The summed E-state index contributed by atoms with van der Waals surface area (Å²) in [5, 5.41) is 0. The van der Waals surface area contributed by atoms with Gasteiger partial charge < -0.3 is 14.7 Å². The molecule has 0 N–H and O–H groups in total. The van der Waals surface area contributed by atoms with Crippen LogP contribution in [0.15, 0.2) is 0 Å². The smallest absolute Gasteiger partial charge is 0.245 e. The molecular formula is C16H29N3O2. The zero-order valence-electron chi connectivity index (χ0n) is 13.5. The molecule has 21 heavy (non-hydrogen) atoms. The standard InChI is InChI=1S/C16H29N3O2/c1-3-8-17-9-6-10-18(13-12-17)16(21)14(4-2)19-11-5-7-15(19)20/h14H,3-13H2,1-2H3. The minimum absolute atomic E-state index is 0.151. The molecule has 0 radical (unpaired) electrons. The largest absolute Gasteiger partial charge is 0.340 e. The molecule has 2 amide bonds. The number of carbonyl (C=O) groups is 2. The fraction of sp³-hybridized carbons (Fsp3) is 0.875. The number of likely N-dealkylation sites (tertiary alicyclic amines) is 1. The van der Waals surface area contributed by atoms with Crippen molar-refractivity contribution < 1.29 is 9.59 Å². The fourth-order valence-corrected chi connectivity index (χ4v) is 3.47. The third-order valence-electron chi connectivity index (χ3n) is 4.60. The van der Waals surface area contributed by atoms with Gasteiger partial charge in [0.25, 0.3) is 0 Å². The van der Waals surface area contributed by atoms with Gasteiger partial charge in [0.1, 0.15) is 6.04 Å². The van der Waals surface area contributed by atoms with E-state index in [-0.39, 0.29) is 17.9 Å². The Kier molecular flexibility index (Phi) is 6.03. The summed E-state index contributed by atoms with van der Waals surface area (Å²) >= 11 is 0. The van der Waals surface area contributed by atoms with E-state index in [1.165, 1.54) is 0 Å². The maximum absolute atomic E-state index is 12.8. The first kappa shape index (κ1) is 16.3. The van der Waals surface area contributed by atoms with Gasteiger partial charge in [-0.15, -0.1) is 0 Å². The van der Waals surface area contributed by atoms with E-state index in [9.17, 15) is 9.59 Å². The topological polar surface area (TPSA) is 43.9 Å². The Labute approximate surface area is 128 Å². The number of hydrogen-bond donors (Lipinski definition) is 0. The summed E-state index contributed by atoms with van der Waals surface area (Å²) in [7, 11) is 0. The van der Waals surface area contributed by atoms with Crippen LogP contribution >= 0.6 is 0 Å². The summed E-state index contributed by atoms with van der Waals surface area (Å²) in [6.07, 6.45) is 4.42. The van der Waals surface area contributed by atoms with E-state index in [4.69, 9.17) is 0 Å². The van der Waals surface area contributed by atoms with Crippen molar-refractivity contribution in [2.75, 3.05) is 39.3 Å². The number of rotatable bonds is 5. The van der Waals surface area contributed by atoms with Crippen LogP contribution in [0.3, 0.4) is 0 Å². The van der Waals surface area contributed by atoms with Gasteiger partial charge >= 0.3 is 0 Å². The quantitative estimate of drug-likeness (QED) is 0.768. The van der Waals surface area contributed by atoms with Gasteiger partial charge in [-0.2, -0.15) is 0 Å². The Hall–Kier alpha value is -1.10. The third kappa shape index (κ3) is 3.96. The lowest BCUT2D eigenvalue weighted by molar-refractivity contribution is -0.143. The molecule has 1 unspecified atom stereocenters. The zero-order valence-corrected chi connectivity index (χ0v) is 13.5. The van der Waals surface area contributed by atoms with Gasteiger partial charge in [-0.3, -0.25) is 9.59 Å². The summed E-state index contributed by atoms with van der Waals surface area (Å²) in [6, 6.07) is -0.238. The van der Waals surface area contributed by atoms with Crippen molar-refractivity contribution in [1.82, 2.24) is 14.7 Å². The average molecular weight is 295 g/mol. The zero-order chi connectivity index (χ0) is 15.2. The van der Waals surface area contributed by atoms with Crippen molar-refractivity contribution >= 4 is 11.8 Å². The predicted octanol–water partition coefficient (Wildman–Crippen LogP) is 1.33. The third-order valence-corrected chi connectivity index (χ3v) is 4.60.